The van der Waals surface area contributed by atoms with Crippen molar-refractivity contribution in [3.63, 3.8) is 0 Å². The van der Waals surface area contributed by atoms with Gasteiger partial charge in [-0.25, -0.2) is 4.79 Å². The van der Waals surface area contributed by atoms with Gasteiger partial charge in [-0.3, -0.25) is 0 Å². The maximum Gasteiger partial charge on any atom is 0.338 e. The molecule has 0 radical (unpaired) electrons. The second kappa shape index (κ2) is 13.5. The molecule has 3 rings (SSSR count). The molecule has 2 saturated carbocycles. The zero-order valence-electron chi connectivity index (χ0n) is 20.3. The average molecular weight is 435 g/mol. The first kappa shape index (κ1) is 24.6. The van der Waals surface area contributed by atoms with Gasteiger partial charge in [-0.2, -0.15) is 0 Å². The maximum atomic E-state index is 12.4. The van der Waals surface area contributed by atoms with Gasteiger partial charge in [0.1, 0.15) is 6.10 Å². The fourth-order valence-electron chi connectivity index (χ4n) is 5.15. The van der Waals surface area contributed by atoms with Crippen LogP contribution in [0.4, 0.5) is 0 Å². The Labute approximate surface area is 196 Å². The zero-order chi connectivity index (χ0) is 22.6. The van der Waals surface area contributed by atoms with Crippen LogP contribution in [0.5, 0.6) is 0 Å². The number of allylic oxidation sites excluding steroid dienone is 2. The minimum absolute atomic E-state index is 0.0364. The maximum absolute atomic E-state index is 12.4. The highest BCUT2D eigenvalue weighted by molar-refractivity contribution is 5.89. The van der Waals surface area contributed by atoms with Gasteiger partial charge in [0.2, 0.25) is 0 Å². The third-order valence-electron chi connectivity index (χ3n) is 7.27. The quantitative estimate of drug-likeness (QED) is 0.307. The van der Waals surface area contributed by atoms with Crippen LogP contribution < -0.4 is 0 Å². The van der Waals surface area contributed by atoms with E-state index in [1.807, 2.05) is 24.3 Å². The van der Waals surface area contributed by atoms with Gasteiger partial charge in [-0.15, -0.1) is 0 Å². The van der Waals surface area contributed by atoms with E-state index in [-0.39, 0.29) is 12.1 Å². The van der Waals surface area contributed by atoms with Gasteiger partial charge in [0.15, 0.2) is 0 Å². The third-order valence-corrected chi connectivity index (χ3v) is 7.27. The number of esters is 1. The molecule has 2 heteroatoms. The minimum Gasteiger partial charge on any atom is -0.459 e. The van der Waals surface area contributed by atoms with E-state index in [1.54, 1.807) is 0 Å². The molecular formula is C30H42O2. The van der Waals surface area contributed by atoms with Crippen molar-refractivity contribution < 1.29 is 9.53 Å². The molecule has 1 aromatic rings. The van der Waals surface area contributed by atoms with E-state index < -0.39 is 0 Å². The van der Waals surface area contributed by atoms with Crippen LogP contribution in [-0.2, 0) is 11.2 Å². The monoisotopic (exact) mass is 434 g/mol. The Bertz CT molecular complexity index is 763. The van der Waals surface area contributed by atoms with Gasteiger partial charge < -0.3 is 4.74 Å². The van der Waals surface area contributed by atoms with Crippen LogP contribution in [0.3, 0.4) is 0 Å². The summed E-state index contributed by atoms with van der Waals surface area (Å²) in [5.41, 5.74) is 1.94. The lowest BCUT2D eigenvalue weighted by atomic mass is 9.80. The van der Waals surface area contributed by atoms with Crippen molar-refractivity contribution in [1.82, 2.24) is 0 Å². The van der Waals surface area contributed by atoms with E-state index in [9.17, 15) is 4.79 Å². The first-order valence-corrected chi connectivity index (χ1v) is 13.2. The molecule has 0 aromatic heterocycles. The summed E-state index contributed by atoms with van der Waals surface area (Å²) in [5, 5.41) is 0. The fraction of sp³-hybridized carbons (Fsp3) is 0.633. The Kier molecular flexibility index (Phi) is 10.4. The van der Waals surface area contributed by atoms with E-state index in [1.165, 1.54) is 50.5 Å². The first-order chi connectivity index (χ1) is 15.7. The number of hydrogen-bond donors (Lipinski definition) is 0. The van der Waals surface area contributed by atoms with Crippen LogP contribution in [-0.4, -0.2) is 12.1 Å². The number of benzene rings is 1. The molecule has 0 unspecified atom stereocenters. The Morgan fingerprint density at radius 3 is 2.34 bits per heavy atom. The molecule has 2 aliphatic carbocycles. The Morgan fingerprint density at radius 1 is 0.969 bits per heavy atom. The highest BCUT2D eigenvalue weighted by Gasteiger charge is 2.23. The van der Waals surface area contributed by atoms with E-state index >= 15 is 0 Å². The summed E-state index contributed by atoms with van der Waals surface area (Å²) in [5.74, 6) is 8.70. The number of hydrogen-bond acceptors (Lipinski definition) is 2. The lowest BCUT2D eigenvalue weighted by Gasteiger charge is -2.26. The summed E-state index contributed by atoms with van der Waals surface area (Å²) in [4.78, 5) is 12.4. The Hall–Kier alpha value is -2.01. The zero-order valence-corrected chi connectivity index (χ0v) is 20.3. The van der Waals surface area contributed by atoms with Gasteiger partial charge in [-0.05, 0) is 93.4 Å². The van der Waals surface area contributed by atoms with Gasteiger partial charge in [0.25, 0.3) is 0 Å². The average Bonchev–Trinajstić information content (AvgIpc) is 2.83. The van der Waals surface area contributed by atoms with Gasteiger partial charge in [0, 0.05) is 5.92 Å². The van der Waals surface area contributed by atoms with Crippen LogP contribution in [0.2, 0.25) is 0 Å². The molecule has 2 aliphatic rings. The second-order valence-electron chi connectivity index (χ2n) is 9.90. The molecule has 0 aliphatic heterocycles. The van der Waals surface area contributed by atoms with Crippen molar-refractivity contribution in [2.45, 2.75) is 103 Å². The normalized spacial score (nSPS) is 25.8. The molecule has 0 saturated heterocycles. The van der Waals surface area contributed by atoms with E-state index in [2.05, 4.69) is 37.8 Å². The number of carbonyl (C=O) groups excluding carboxylic acids is 1. The molecule has 0 bridgehead atoms. The molecule has 0 N–H and O–H groups in total. The van der Waals surface area contributed by atoms with Gasteiger partial charge >= 0.3 is 5.97 Å². The van der Waals surface area contributed by atoms with Crippen LogP contribution in [0.1, 0.15) is 107 Å². The minimum atomic E-state index is -0.185. The predicted molar refractivity (Wildman–Crippen MR) is 133 cm³/mol. The van der Waals surface area contributed by atoms with Crippen LogP contribution in [0, 0.1) is 29.6 Å². The van der Waals surface area contributed by atoms with Gasteiger partial charge in [0.05, 0.1) is 5.56 Å². The van der Waals surface area contributed by atoms with Crippen molar-refractivity contribution in [2.75, 3.05) is 0 Å². The smallest absolute Gasteiger partial charge is 0.338 e. The number of carbonyl (C=O) groups is 1. The fourth-order valence-corrected chi connectivity index (χ4v) is 5.15. The summed E-state index contributed by atoms with van der Waals surface area (Å²) in [7, 11) is 0. The standard InChI is InChI=1S/C30H42O2/c1-3-5-9-25-12-14-26(15-13-25)10-6-7-11-27-18-22-29(23-19-27)32-30(31)28-20-16-24(8-4-2)17-21-28/h6,10,16-17,20-21,25-27,29H,3-5,8-9,12-15,18-19,22-23H2,1-2H3. The lowest BCUT2D eigenvalue weighted by molar-refractivity contribution is 0.0188. The van der Waals surface area contributed by atoms with Crippen molar-refractivity contribution >= 4 is 5.97 Å². The summed E-state index contributed by atoms with van der Waals surface area (Å²) in [6.07, 6.45) is 20.2. The molecule has 0 amide bonds. The van der Waals surface area contributed by atoms with Crippen LogP contribution in [0.25, 0.3) is 0 Å². The summed E-state index contributed by atoms with van der Waals surface area (Å²) < 4.78 is 5.76. The highest BCUT2D eigenvalue weighted by Crippen LogP contribution is 2.32. The Morgan fingerprint density at radius 2 is 1.69 bits per heavy atom. The molecule has 0 spiro atoms. The number of unbranched alkanes of at least 4 members (excludes halogenated alkanes) is 1. The van der Waals surface area contributed by atoms with Crippen LogP contribution in [0.15, 0.2) is 36.4 Å². The van der Waals surface area contributed by atoms with Gasteiger partial charge in [-0.1, -0.05) is 69.6 Å². The molecule has 32 heavy (non-hydrogen) atoms. The Balaban J connectivity index is 1.34. The topological polar surface area (TPSA) is 26.3 Å². The van der Waals surface area contributed by atoms with Crippen molar-refractivity contribution in [3.05, 3.63) is 47.5 Å². The summed E-state index contributed by atoms with van der Waals surface area (Å²) in [6, 6.07) is 7.87. The predicted octanol–water partition coefficient (Wildman–Crippen LogP) is 7.91. The highest BCUT2D eigenvalue weighted by atomic mass is 16.5. The van der Waals surface area contributed by atoms with Crippen molar-refractivity contribution in [1.29, 1.82) is 0 Å². The summed E-state index contributed by atoms with van der Waals surface area (Å²) >= 11 is 0. The van der Waals surface area contributed by atoms with E-state index in [0.717, 1.165) is 50.4 Å². The molecule has 0 heterocycles. The third kappa shape index (κ3) is 8.16. The summed E-state index contributed by atoms with van der Waals surface area (Å²) in [6.45, 7) is 4.46. The van der Waals surface area contributed by atoms with Crippen molar-refractivity contribution in [3.8, 4) is 11.8 Å². The molecule has 174 valence electrons. The van der Waals surface area contributed by atoms with E-state index in [0.29, 0.717) is 11.5 Å². The molecule has 0 atom stereocenters. The number of ether oxygens (including phenoxy) is 1. The number of aryl methyl sites for hydroxylation is 1. The molecule has 2 fully saturated rings. The number of rotatable bonds is 8. The molecular weight excluding hydrogens is 392 g/mol. The SMILES string of the molecule is CCCCC1CCC(C=CC#CC2CCC(OC(=O)c3ccc(CCC)cc3)CC2)CC1. The first-order valence-electron chi connectivity index (χ1n) is 13.2. The molecule has 2 nitrogen and oxygen atoms in total. The van der Waals surface area contributed by atoms with E-state index in [4.69, 9.17) is 4.74 Å². The van der Waals surface area contributed by atoms with Crippen molar-refractivity contribution in [2.24, 2.45) is 17.8 Å². The van der Waals surface area contributed by atoms with Crippen LogP contribution >= 0.6 is 0 Å². The largest absolute Gasteiger partial charge is 0.459 e. The second-order valence-corrected chi connectivity index (χ2v) is 9.90. The lowest BCUT2D eigenvalue weighted by Crippen LogP contribution is -2.24. The molecule has 1 aromatic carbocycles.